The smallest absolute Gasteiger partial charge is 0.330 e. The molecule has 2 N–H and O–H groups in total. The maximum absolute atomic E-state index is 12.9. The molecular formula is C26H27Cl2N3O6. The number of nitrogens with one attached hydrogen (secondary N) is 1. The van der Waals surface area contributed by atoms with E-state index in [1.807, 2.05) is 6.92 Å². The number of ether oxygens (including phenoxy) is 1. The Morgan fingerprint density at radius 3 is 2.22 bits per heavy atom. The quantitative estimate of drug-likeness (QED) is 0.417. The first-order valence-corrected chi connectivity index (χ1v) is 12.2. The third-order valence-electron chi connectivity index (χ3n) is 5.93. The summed E-state index contributed by atoms with van der Waals surface area (Å²) in [5.74, 6) is -1.53. The highest BCUT2D eigenvalue weighted by molar-refractivity contribution is 6.40. The van der Waals surface area contributed by atoms with E-state index in [0.29, 0.717) is 28.8 Å². The third kappa shape index (κ3) is 6.06. The molecule has 2 aromatic carbocycles. The summed E-state index contributed by atoms with van der Waals surface area (Å²) in [7, 11) is 3.01. The average molecular weight is 548 g/mol. The van der Waals surface area contributed by atoms with Gasteiger partial charge in [-0.15, -0.1) is 0 Å². The maximum atomic E-state index is 12.9. The topological polar surface area (TPSA) is 120 Å². The molecular weight excluding hydrogens is 521 g/mol. The van der Waals surface area contributed by atoms with Gasteiger partial charge in [0.2, 0.25) is 0 Å². The number of aromatic nitrogens is 2. The third-order valence-corrected chi connectivity index (χ3v) is 6.53. The van der Waals surface area contributed by atoms with Crippen LogP contribution in [0.4, 0.5) is 0 Å². The summed E-state index contributed by atoms with van der Waals surface area (Å²) in [6.45, 7) is 3.72. The molecule has 0 saturated carbocycles. The molecule has 0 aliphatic heterocycles. The predicted molar refractivity (Wildman–Crippen MR) is 141 cm³/mol. The molecule has 0 radical (unpaired) electrons. The van der Waals surface area contributed by atoms with Crippen LogP contribution in [0.5, 0.6) is 5.75 Å². The fraction of sp³-hybridized carbons (Fsp3) is 0.308. The molecule has 3 aromatic rings. The van der Waals surface area contributed by atoms with Crippen molar-refractivity contribution >= 4 is 35.1 Å². The molecule has 0 spiro atoms. The Morgan fingerprint density at radius 1 is 1.05 bits per heavy atom. The van der Waals surface area contributed by atoms with Gasteiger partial charge in [-0.3, -0.25) is 14.2 Å². The van der Waals surface area contributed by atoms with Crippen molar-refractivity contribution in [1.29, 1.82) is 0 Å². The highest BCUT2D eigenvalue weighted by atomic mass is 35.5. The first-order chi connectivity index (χ1) is 17.5. The van der Waals surface area contributed by atoms with Crippen molar-refractivity contribution < 1.29 is 19.4 Å². The summed E-state index contributed by atoms with van der Waals surface area (Å²) >= 11 is 12.2. The Bertz CT molecular complexity index is 1440. The lowest BCUT2D eigenvalue weighted by atomic mass is 10.00. The molecule has 1 amide bonds. The molecule has 1 heterocycles. The standard InChI is InChI=1S/C26H27Cl2N3O6/c1-5-10-37-25(35)20(29-23(33)22-18(27)12-17(32)13-19(22)28)11-15-6-8-16(9-7-15)21-14(2)30(3)26(36)31(4)24(21)34/h6-9,12-13,20,32H,5,10-11H2,1-4H3,(H,29,33). The number of halogens is 2. The molecule has 37 heavy (non-hydrogen) atoms. The second kappa shape index (κ2) is 11.7. The van der Waals surface area contributed by atoms with Gasteiger partial charge in [0.05, 0.1) is 27.8 Å². The summed E-state index contributed by atoms with van der Waals surface area (Å²) in [4.78, 5) is 50.6. The lowest BCUT2D eigenvalue weighted by Crippen LogP contribution is -2.43. The Morgan fingerprint density at radius 2 is 1.65 bits per heavy atom. The minimum absolute atomic E-state index is 0.0678. The van der Waals surface area contributed by atoms with Gasteiger partial charge in [-0.05, 0) is 36.6 Å². The number of aromatic hydroxyl groups is 1. The van der Waals surface area contributed by atoms with Crippen LogP contribution in [-0.2, 0) is 30.0 Å². The van der Waals surface area contributed by atoms with Crippen molar-refractivity contribution in [3.63, 3.8) is 0 Å². The SMILES string of the molecule is CCCOC(=O)C(Cc1ccc(-c2c(C)n(C)c(=O)n(C)c2=O)cc1)NC(=O)c1c(Cl)cc(O)cc1Cl. The summed E-state index contributed by atoms with van der Waals surface area (Å²) in [5, 5.41) is 12.1. The first-order valence-electron chi connectivity index (χ1n) is 11.5. The van der Waals surface area contributed by atoms with Gasteiger partial charge >= 0.3 is 11.7 Å². The number of esters is 1. The normalized spacial score (nSPS) is 11.7. The number of hydrogen-bond acceptors (Lipinski definition) is 6. The van der Waals surface area contributed by atoms with E-state index in [2.05, 4.69) is 5.32 Å². The summed E-state index contributed by atoms with van der Waals surface area (Å²) < 4.78 is 7.72. The number of carbonyl (C=O) groups is 2. The highest BCUT2D eigenvalue weighted by Crippen LogP contribution is 2.29. The van der Waals surface area contributed by atoms with Gasteiger partial charge in [-0.1, -0.05) is 54.4 Å². The zero-order valence-corrected chi connectivity index (χ0v) is 22.3. The van der Waals surface area contributed by atoms with Crippen LogP contribution in [0.2, 0.25) is 10.0 Å². The number of benzene rings is 2. The van der Waals surface area contributed by atoms with Crippen molar-refractivity contribution in [2.75, 3.05) is 6.61 Å². The molecule has 3 rings (SSSR count). The van der Waals surface area contributed by atoms with Crippen LogP contribution < -0.4 is 16.6 Å². The largest absolute Gasteiger partial charge is 0.508 e. The van der Waals surface area contributed by atoms with Crippen LogP contribution in [-0.4, -0.2) is 38.8 Å². The zero-order chi connectivity index (χ0) is 27.4. The lowest BCUT2D eigenvalue weighted by molar-refractivity contribution is -0.145. The molecule has 0 aliphatic carbocycles. The second-order valence-corrected chi connectivity index (χ2v) is 9.36. The molecule has 0 fully saturated rings. The Hall–Kier alpha value is -3.56. The molecule has 1 aromatic heterocycles. The van der Waals surface area contributed by atoms with E-state index in [4.69, 9.17) is 27.9 Å². The molecule has 196 valence electrons. The van der Waals surface area contributed by atoms with E-state index in [1.54, 1.807) is 38.2 Å². The number of amides is 1. The Kier molecular flexibility index (Phi) is 8.83. The number of hydrogen-bond donors (Lipinski definition) is 2. The molecule has 1 unspecified atom stereocenters. The molecule has 11 heteroatoms. The fourth-order valence-electron chi connectivity index (χ4n) is 3.82. The Labute approximate surface area is 223 Å². The maximum Gasteiger partial charge on any atom is 0.330 e. The van der Waals surface area contributed by atoms with Crippen molar-refractivity contribution in [2.45, 2.75) is 32.7 Å². The number of phenolic OH excluding ortho intramolecular Hbond substituents is 1. The monoisotopic (exact) mass is 547 g/mol. The second-order valence-electron chi connectivity index (χ2n) is 8.55. The first kappa shape index (κ1) is 28.0. The summed E-state index contributed by atoms with van der Waals surface area (Å²) in [6, 6.07) is 8.19. The van der Waals surface area contributed by atoms with E-state index in [1.165, 1.54) is 23.7 Å². The van der Waals surface area contributed by atoms with Crippen molar-refractivity contribution in [2.24, 2.45) is 14.1 Å². The van der Waals surface area contributed by atoms with Gasteiger partial charge < -0.3 is 19.7 Å². The number of phenols is 1. The number of rotatable bonds is 8. The minimum atomic E-state index is -1.06. The number of carbonyl (C=O) groups excluding carboxylic acids is 2. The van der Waals surface area contributed by atoms with Gasteiger partial charge in [0.1, 0.15) is 11.8 Å². The highest BCUT2D eigenvalue weighted by Gasteiger charge is 2.26. The summed E-state index contributed by atoms with van der Waals surface area (Å²) in [5.41, 5.74) is 1.30. The van der Waals surface area contributed by atoms with Crippen molar-refractivity contribution in [1.82, 2.24) is 14.5 Å². The Balaban J connectivity index is 1.91. The molecule has 0 saturated heterocycles. The van der Waals surface area contributed by atoms with Crippen LogP contribution in [0.25, 0.3) is 11.1 Å². The van der Waals surface area contributed by atoms with Crippen molar-refractivity contribution in [3.05, 3.63) is 84.1 Å². The lowest BCUT2D eigenvalue weighted by Gasteiger charge is -2.19. The van der Waals surface area contributed by atoms with Gasteiger partial charge in [-0.2, -0.15) is 0 Å². The molecule has 0 aliphatic rings. The van der Waals surface area contributed by atoms with Crippen LogP contribution in [0, 0.1) is 6.92 Å². The van der Waals surface area contributed by atoms with E-state index in [0.717, 1.165) is 4.57 Å². The van der Waals surface area contributed by atoms with Crippen LogP contribution in [0.15, 0.2) is 46.0 Å². The van der Waals surface area contributed by atoms with E-state index >= 15 is 0 Å². The fourth-order valence-corrected chi connectivity index (χ4v) is 4.47. The minimum Gasteiger partial charge on any atom is -0.508 e. The van der Waals surface area contributed by atoms with Gasteiger partial charge in [-0.25, -0.2) is 9.59 Å². The van der Waals surface area contributed by atoms with Crippen LogP contribution in [0.1, 0.15) is 35.0 Å². The van der Waals surface area contributed by atoms with Crippen molar-refractivity contribution in [3.8, 4) is 16.9 Å². The summed E-state index contributed by atoms with van der Waals surface area (Å²) in [6.07, 6.45) is 0.691. The van der Waals surface area contributed by atoms with Crippen LogP contribution in [0.3, 0.4) is 0 Å². The average Bonchev–Trinajstić information content (AvgIpc) is 2.84. The number of nitrogens with zero attached hydrogens (tertiary/aromatic N) is 2. The van der Waals surface area contributed by atoms with Gasteiger partial charge in [0.25, 0.3) is 11.5 Å². The molecule has 0 bridgehead atoms. The van der Waals surface area contributed by atoms with E-state index in [9.17, 15) is 24.3 Å². The van der Waals surface area contributed by atoms with E-state index in [-0.39, 0.29) is 34.4 Å². The van der Waals surface area contributed by atoms with Gasteiger partial charge in [0.15, 0.2) is 0 Å². The molecule has 1 atom stereocenters. The van der Waals surface area contributed by atoms with Crippen LogP contribution >= 0.6 is 23.2 Å². The van der Waals surface area contributed by atoms with Gasteiger partial charge in [0, 0.05) is 26.2 Å². The predicted octanol–water partition coefficient (Wildman–Crippen LogP) is 3.37. The van der Waals surface area contributed by atoms with E-state index < -0.39 is 29.2 Å². The molecule has 9 nitrogen and oxygen atoms in total. The zero-order valence-electron chi connectivity index (χ0n) is 20.8.